The van der Waals surface area contributed by atoms with Crippen LogP contribution in [0.25, 0.3) is 11.3 Å². The molecule has 24 heavy (non-hydrogen) atoms. The van der Waals surface area contributed by atoms with E-state index in [1.54, 1.807) is 25.1 Å². The monoisotopic (exact) mass is 328 g/mol. The number of halogens is 1. The number of benzene rings is 1. The molecule has 0 fully saturated rings. The second kappa shape index (κ2) is 6.41. The van der Waals surface area contributed by atoms with Crippen molar-refractivity contribution in [2.24, 2.45) is 0 Å². The molecule has 0 aliphatic heterocycles. The summed E-state index contributed by atoms with van der Waals surface area (Å²) in [5.74, 6) is -1.04. The van der Waals surface area contributed by atoms with Gasteiger partial charge in [-0.15, -0.1) is 0 Å². The average molecular weight is 328 g/mol. The molecule has 0 aliphatic carbocycles. The Balaban J connectivity index is 1.67. The van der Waals surface area contributed by atoms with Gasteiger partial charge < -0.3 is 8.83 Å². The van der Waals surface area contributed by atoms with E-state index >= 15 is 0 Å². The third-order valence-corrected chi connectivity index (χ3v) is 3.36. The SMILES string of the molecule is Cc1occc1C(=O)NNC(=O)c1ccc(-c2ccccc2F)o1. The van der Waals surface area contributed by atoms with E-state index in [4.69, 9.17) is 8.83 Å². The smallest absolute Gasteiger partial charge is 0.305 e. The molecule has 3 aromatic rings. The molecule has 0 aliphatic rings. The molecule has 6 nitrogen and oxygen atoms in total. The van der Waals surface area contributed by atoms with Gasteiger partial charge in [-0.3, -0.25) is 20.4 Å². The van der Waals surface area contributed by atoms with E-state index in [0.717, 1.165) is 0 Å². The summed E-state index contributed by atoms with van der Waals surface area (Å²) in [6, 6.07) is 10.4. The summed E-state index contributed by atoms with van der Waals surface area (Å²) in [4.78, 5) is 23.9. The van der Waals surface area contributed by atoms with E-state index in [1.807, 2.05) is 0 Å². The molecule has 2 heterocycles. The van der Waals surface area contributed by atoms with Crippen LogP contribution in [0, 0.1) is 12.7 Å². The van der Waals surface area contributed by atoms with Crippen LogP contribution in [0.2, 0.25) is 0 Å². The first kappa shape index (κ1) is 15.5. The number of carbonyl (C=O) groups excluding carboxylic acids is 2. The van der Waals surface area contributed by atoms with Gasteiger partial charge in [0.25, 0.3) is 5.91 Å². The third-order valence-electron chi connectivity index (χ3n) is 3.36. The first-order valence-corrected chi connectivity index (χ1v) is 7.06. The van der Waals surface area contributed by atoms with Crippen LogP contribution in [0.1, 0.15) is 26.7 Å². The van der Waals surface area contributed by atoms with Gasteiger partial charge in [0, 0.05) is 0 Å². The number of amides is 2. The molecular weight excluding hydrogens is 315 g/mol. The first-order chi connectivity index (χ1) is 11.6. The Morgan fingerprint density at radius 2 is 1.75 bits per heavy atom. The molecule has 0 unspecified atom stereocenters. The number of hydrazine groups is 1. The number of hydrogen-bond acceptors (Lipinski definition) is 4. The topological polar surface area (TPSA) is 84.5 Å². The van der Waals surface area contributed by atoms with E-state index < -0.39 is 17.6 Å². The van der Waals surface area contributed by atoms with E-state index in [2.05, 4.69) is 10.9 Å². The van der Waals surface area contributed by atoms with Gasteiger partial charge in [-0.1, -0.05) is 12.1 Å². The zero-order valence-electron chi connectivity index (χ0n) is 12.6. The molecule has 0 radical (unpaired) electrons. The maximum atomic E-state index is 13.7. The van der Waals surface area contributed by atoms with Gasteiger partial charge in [0.15, 0.2) is 5.76 Å². The molecule has 1 aromatic carbocycles. The fourth-order valence-corrected chi connectivity index (χ4v) is 2.13. The van der Waals surface area contributed by atoms with Gasteiger partial charge in [0.05, 0.1) is 17.4 Å². The molecule has 0 saturated heterocycles. The standard InChI is InChI=1S/C17H13FN2O4/c1-10-11(8-9-23-10)16(21)19-20-17(22)15-7-6-14(24-15)12-4-2-3-5-13(12)18/h2-9H,1H3,(H,19,21)(H,20,22). The lowest BCUT2D eigenvalue weighted by molar-refractivity contribution is 0.0830. The summed E-state index contributed by atoms with van der Waals surface area (Å²) >= 11 is 0. The fourth-order valence-electron chi connectivity index (χ4n) is 2.13. The van der Waals surface area contributed by atoms with Crippen LogP contribution in [0.5, 0.6) is 0 Å². The Morgan fingerprint density at radius 1 is 1.00 bits per heavy atom. The van der Waals surface area contributed by atoms with Crippen LogP contribution in [-0.4, -0.2) is 11.8 Å². The minimum absolute atomic E-state index is 0.0579. The van der Waals surface area contributed by atoms with Gasteiger partial charge >= 0.3 is 5.91 Å². The average Bonchev–Trinajstić information content (AvgIpc) is 3.22. The molecule has 2 amide bonds. The van der Waals surface area contributed by atoms with Crippen molar-refractivity contribution in [3.8, 4) is 11.3 Å². The predicted octanol–water partition coefficient (Wildman–Crippen LogP) is 3.06. The Morgan fingerprint density at radius 3 is 2.46 bits per heavy atom. The largest absolute Gasteiger partial charge is 0.469 e. The number of rotatable bonds is 3. The molecule has 122 valence electrons. The lowest BCUT2D eigenvalue weighted by atomic mass is 10.1. The fraction of sp³-hybridized carbons (Fsp3) is 0.0588. The van der Waals surface area contributed by atoms with Crippen LogP contribution < -0.4 is 10.9 Å². The minimum Gasteiger partial charge on any atom is -0.469 e. The van der Waals surface area contributed by atoms with Gasteiger partial charge in [0.2, 0.25) is 0 Å². The van der Waals surface area contributed by atoms with Crippen LogP contribution in [-0.2, 0) is 0 Å². The summed E-state index contributed by atoms with van der Waals surface area (Å²) in [6.07, 6.45) is 1.37. The number of nitrogens with one attached hydrogen (secondary N) is 2. The van der Waals surface area contributed by atoms with E-state index in [1.165, 1.54) is 30.5 Å². The van der Waals surface area contributed by atoms with Gasteiger partial charge in [-0.05, 0) is 37.3 Å². The molecular formula is C17H13FN2O4. The van der Waals surface area contributed by atoms with Crippen LogP contribution in [0.4, 0.5) is 4.39 Å². The zero-order chi connectivity index (χ0) is 17.1. The van der Waals surface area contributed by atoms with Crippen molar-refractivity contribution < 1.29 is 22.8 Å². The molecule has 0 atom stereocenters. The quantitative estimate of drug-likeness (QED) is 0.724. The van der Waals surface area contributed by atoms with E-state index in [9.17, 15) is 14.0 Å². The predicted molar refractivity (Wildman–Crippen MR) is 82.5 cm³/mol. The summed E-state index contributed by atoms with van der Waals surface area (Å²) in [5, 5.41) is 0. The van der Waals surface area contributed by atoms with E-state index in [-0.39, 0.29) is 17.1 Å². The van der Waals surface area contributed by atoms with Crippen molar-refractivity contribution in [2.75, 3.05) is 0 Å². The summed E-state index contributed by atoms with van der Waals surface area (Å²) in [6.45, 7) is 1.63. The van der Waals surface area contributed by atoms with Crippen molar-refractivity contribution >= 4 is 11.8 Å². The normalized spacial score (nSPS) is 10.4. The summed E-state index contributed by atoms with van der Waals surface area (Å²) in [7, 11) is 0. The molecule has 2 aromatic heterocycles. The second-order valence-electron chi connectivity index (χ2n) is 4.94. The van der Waals surface area contributed by atoms with Crippen molar-refractivity contribution in [3.05, 3.63) is 71.6 Å². The lowest BCUT2D eigenvalue weighted by Gasteiger charge is -2.05. The number of hydrogen-bond donors (Lipinski definition) is 2. The van der Waals surface area contributed by atoms with E-state index in [0.29, 0.717) is 11.3 Å². The van der Waals surface area contributed by atoms with Crippen molar-refractivity contribution in [2.45, 2.75) is 6.92 Å². The Labute approximate surface area is 136 Å². The van der Waals surface area contributed by atoms with Crippen molar-refractivity contribution in [1.82, 2.24) is 10.9 Å². The molecule has 2 N–H and O–H groups in total. The molecule has 0 bridgehead atoms. The summed E-state index contributed by atoms with van der Waals surface area (Å²) in [5.41, 5.74) is 5.03. The van der Waals surface area contributed by atoms with Gasteiger partial charge in [-0.2, -0.15) is 0 Å². The molecule has 3 rings (SSSR count). The highest BCUT2D eigenvalue weighted by Gasteiger charge is 2.16. The Bertz CT molecular complexity index is 897. The summed E-state index contributed by atoms with van der Waals surface area (Å²) < 4.78 is 24.1. The molecule has 0 spiro atoms. The van der Waals surface area contributed by atoms with Gasteiger partial charge in [-0.25, -0.2) is 4.39 Å². The highest BCUT2D eigenvalue weighted by Crippen LogP contribution is 2.24. The highest BCUT2D eigenvalue weighted by atomic mass is 19.1. The zero-order valence-corrected chi connectivity index (χ0v) is 12.6. The minimum atomic E-state index is -0.660. The van der Waals surface area contributed by atoms with Crippen LogP contribution >= 0.6 is 0 Å². The Kier molecular flexibility index (Phi) is 4.15. The first-order valence-electron chi connectivity index (χ1n) is 7.06. The Hall–Kier alpha value is -3.35. The highest BCUT2D eigenvalue weighted by molar-refractivity contribution is 5.98. The van der Waals surface area contributed by atoms with Gasteiger partial charge in [0.1, 0.15) is 17.3 Å². The maximum absolute atomic E-state index is 13.7. The molecule has 0 saturated carbocycles. The lowest BCUT2D eigenvalue weighted by Crippen LogP contribution is -2.41. The van der Waals surface area contributed by atoms with Crippen LogP contribution in [0.15, 0.2) is 57.6 Å². The molecule has 7 heteroatoms. The third kappa shape index (κ3) is 3.05. The van der Waals surface area contributed by atoms with Crippen molar-refractivity contribution in [1.29, 1.82) is 0 Å². The maximum Gasteiger partial charge on any atom is 0.305 e. The number of aryl methyl sites for hydroxylation is 1. The second-order valence-corrected chi connectivity index (χ2v) is 4.94. The number of carbonyl (C=O) groups is 2. The van der Waals surface area contributed by atoms with Crippen LogP contribution in [0.3, 0.4) is 0 Å². The van der Waals surface area contributed by atoms with Crippen molar-refractivity contribution in [3.63, 3.8) is 0 Å². The number of furan rings is 2.